The van der Waals surface area contributed by atoms with E-state index in [0.717, 1.165) is 37.1 Å². The normalized spacial score (nSPS) is 21.8. The average Bonchev–Trinajstić information content (AvgIpc) is 3.28. The predicted molar refractivity (Wildman–Crippen MR) is 96.7 cm³/mol. The summed E-state index contributed by atoms with van der Waals surface area (Å²) in [4.78, 5) is 26.5. The molecular formula is C17H22ClN5O2. The van der Waals surface area contributed by atoms with Gasteiger partial charge in [0, 0.05) is 44.5 Å². The Labute approximate surface area is 151 Å². The number of rotatable bonds is 4. The molecule has 0 unspecified atom stereocenters. The Morgan fingerprint density at radius 3 is 2.68 bits per heavy atom. The van der Waals surface area contributed by atoms with Crippen LogP contribution in [0.25, 0.3) is 10.9 Å². The Morgan fingerprint density at radius 1 is 1.20 bits per heavy atom. The lowest BCUT2D eigenvalue weighted by atomic mass is 10.0. The summed E-state index contributed by atoms with van der Waals surface area (Å²) in [6.07, 6.45) is 0.334. The van der Waals surface area contributed by atoms with Crippen LogP contribution in [0.1, 0.15) is 16.9 Å². The third kappa shape index (κ3) is 3.48. The van der Waals surface area contributed by atoms with E-state index in [4.69, 9.17) is 0 Å². The molecule has 2 amide bonds. The van der Waals surface area contributed by atoms with E-state index >= 15 is 0 Å². The van der Waals surface area contributed by atoms with E-state index in [-0.39, 0.29) is 24.2 Å². The van der Waals surface area contributed by atoms with Gasteiger partial charge in [0.15, 0.2) is 5.69 Å². The Kier molecular flexibility index (Phi) is 5.24. The molecule has 2 aliphatic rings. The zero-order chi connectivity index (χ0) is 16.5. The minimum absolute atomic E-state index is 0. The summed E-state index contributed by atoms with van der Waals surface area (Å²) in [6, 6.07) is 7.50. The molecular weight excluding hydrogens is 342 g/mol. The van der Waals surface area contributed by atoms with E-state index in [1.165, 1.54) is 0 Å². The molecule has 0 aliphatic carbocycles. The van der Waals surface area contributed by atoms with Crippen LogP contribution in [0.2, 0.25) is 0 Å². The van der Waals surface area contributed by atoms with E-state index in [2.05, 4.69) is 20.8 Å². The molecule has 0 radical (unpaired) electrons. The molecule has 2 aliphatic heterocycles. The quantitative estimate of drug-likeness (QED) is 0.749. The fourth-order valence-electron chi connectivity index (χ4n) is 3.72. The first kappa shape index (κ1) is 17.7. The van der Waals surface area contributed by atoms with Gasteiger partial charge < -0.3 is 15.5 Å². The number of hydrogen-bond acceptors (Lipinski definition) is 4. The molecule has 25 heavy (non-hydrogen) atoms. The van der Waals surface area contributed by atoms with Crippen molar-refractivity contribution in [3.63, 3.8) is 0 Å². The Bertz CT molecular complexity index is 765. The summed E-state index contributed by atoms with van der Waals surface area (Å²) >= 11 is 0. The van der Waals surface area contributed by atoms with Gasteiger partial charge in [0.05, 0.1) is 5.52 Å². The van der Waals surface area contributed by atoms with Crippen LogP contribution in [0.3, 0.4) is 0 Å². The Hall–Kier alpha value is -2.12. The second-order valence-corrected chi connectivity index (χ2v) is 6.60. The van der Waals surface area contributed by atoms with Crippen molar-refractivity contribution >= 4 is 35.1 Å². The topological polar surface area (TPSA) is 90.1 Å². The summed E-state index contributed by atoms with van der Waals surface area (Å²) in [5.74, 6) is 1.07. The monoisotopic (exact) mass is 363 g/mol. The molecule has 0 saturated carbocycles. The van der Waals surface area contributed by atoms with E-state index in [0.29, 0.717) is 30.5 Å². The van der Waals surface area contributed by atoms with Crippen LogP contribution in [-0.4, -0.2) is 59.6 Å². The molecule has 0 bridgehead atoms. The molecule has 7 nitrogen and oxygen atoms in total. The van der Waals surface area contributed by atoms with Crippen LogP contribution in [0.4, 0.5) is 0 Å². The second kappa shape index (κ2) is 7.41. The van der Waals surface area contributed by atoms with Crippen molar-refractivity contribution in [2.75, 3.05) is 32.7 Å². The van der Waals surface area contributed by atoms with Crippen LogP contribution in [0, 0.1) is 11.8 Å². The number of H-pyrrole nitrogens is 1. The summed E-state index contributed by atoms with van der Waals surface area (Å²) in [7, 11) is 0. The van der Waals surface area contributed by atoms with Crippen molar-refractivity contribution < 1.29 is 9.59 Å². The van der Waals surface area contributed by atoms with E-state index in [1.54, 1.807) is 0 Å². The highest BCUT2D eigenvalue weighted by Crippen LogP contribution is 2.26. The maximum absolute atomic E-state index is 12.3. The van der Waals surface area contributed by atoms with E-state index < -0.39 is 0 Å². The molecule has 8 heteroatoms. The Balaban J connectivity index is 0.00000182. The van der Waals surface area contributed by atoms with Gasteiger partial charge in [0.1, 0.15) is 0 Å². The molecule has 2 fully saturated rings. The van der Waals surface area contributed by atoms with Crippen LogP contribution in [0.5, 0.6) is 0 Å². The number of halogens is 1. The van der Waals surface area contributed by atoms with Crippen molar-refractivity contribution in [3.05, 3.63) is 30.0 Å². The third-order valence-corrected chi connectivity index (χ3v) is 5.05. The molecule has 2 saturated heterocycles. The molecule has 0 spiro atoms. The number of hydrogen-bond donors (Lipinski definition) is 3. The van der Waals surface area contributed by atoms with Gasteiger partial charge in [-0.15, -0.1) is 12.4 Å². The first-order valence-corrected chi connectivity index (χ1v) is 8.42. The smallest absolute Gasteiger partial charge is 0.272 e. The number of fused-ring (bicyclic) bond motifs is 2. The summed E-state index contributed by atoms with van der Waals surface area (Å²) in [5.41, 5.74) is 1.20. The lowest BCUT2D eigenvalue weighted by molar-refractivity contribution is -0.130. The zero-order valence-electron chi connectivity index (χ0n) is 13.8. The van der Waals surface area contributed by atoms with E-state index in [1.807, 2.05) is 29.2 Å². The van der Waals surface area contributed by atoms with Crippen LogP contribution < -0.4 is 10.6 Å². The average molecular weight is 364 g/mol. The number of aromatic amines is 1. The lowest BCUT2D eigenvalue weighted by Gasteiger charge is -2.17. The highest BCUT2D eigenvalue weighted by atomic mass is 35.5. The van der Waals surface area contributed by atoms with Crippen LogP contribution >= 0.6 is 12.4 Å². The van der Waals surface area contributed by atoms with Gasteiger partial charge in [-0.1, -0.05) is 18.2 Å². The molecule has 3 heterocycles. The summed E-state index contributed by atoms with van der Waals surface area (Å²) < 4.78 is 0. The molecule has 134 valence electrons. The maximum Gasteiger partial charge on any atom is 0.272 e. The number of amides is 2. The fraction of sp³-hybridized carbons (Fsp3) is 0.471. The third-order valence-electron chi connectivity index (χ3n) is 5.05. The van der Waals surface area contributed by atoms with Crippen molar-refractivity contribution in [2.24, 2.45) is 11.8 Å². The fourth-order valence-corrected chi connectivity index (χ4v) is 3.72. The van der Waals surface area contributed by atoms with E-state index in [9.17, 15) is 9.59 Å². The van der Waals surface area contributed by atoms with Gasteiger partial charge in [-0.25, -0.2) is 0 Å². The minimum Gasteiger partial charge on any atom is -0.350 e. The SMILES string of the molecule is Cl.O=C(NCCC(=O)N1C[C@H]2CNC[C@H]2C1)c1n[nH]c2ccccc12. The van der Waals surface area contributed by atoms with Gasteiger partial charge >= 0.3 is 0 Å². The van der Waals surface area contributed by atoms with Gasteiger partial charge in [0.2, 0.25) is 5.91 Å². The number of aromatic nitrogens is 2. The van der Waals surface area contributed by atoms with Gasteiger partial charge in [-0.3, -0.25) is 14.7 Å². The first-order valence-electron chi connectivity index (χ1n) is 8.42. The van der Waals surface area contributed by atoms with Crippen molar-refractivity contribution in [1.29, 1.82) is 0 Å². The van der Waals surface area contributed by atoms with Gasteiger partial charge in [-0.05, 0) is 17.9 Å². The number of nitrogens with one attached hydrogen (secondary N) is 3. The van der Waals surface area contributed by atoms with Crippen LogP contribution in [-0.2, 0) is 4.79 Å². The summed E-state index contributed by atoms with van der Waals surface area (Å²) in [6.45, 7) is 4.04. The van der Waals surface area contributed by atoms with Gasteiger partial charge in [-0.2, -0.15) is 5.10 Å². The number of carbonyl (C=O) groups excluding carboxylic acids is 2. The summed E-state index contributed by atoms with van der Waals surface area (Å²) in [5, 5.41) is 13.9. The number of carbonyl (C=O) groups is 2. The molecule has 4 rings (SSSR count). The van der Waals surface area contributed by atoms with Crippen molar-refractivity contribution in [2.45, 2.75) is 6.42 Å². The minimum atomic E-state index is -0.247. The highest BCUT2D eigenvalue weighted by Gasteiger charge is 2.37. The second-order valence-electron chi connectivity index (χ2n) is 6.60. The van der Waals surface area contributed by atoms with Crippen molar-refractivity contribution in [3.8, 4) is 0 Å². The molecule has 1 aromatic carbocycles. The maximum atomic E-state index is 12.3. The van der Waals surface area contributed by atoms with Gasteiger partial charge in [0.25, 0.3) is 5.91 Å². The van der Waals surface area contributed by atoms with Crippen LogP contribution in [0.15, 0.2) is 24.3 Å². The highest BCUT2D eigenvalue weighted by molar-refractivity contribution is 6.04. The molecule has 3 N–H and O–H groups in total. The number of likely N-dealkylation sites (tertiary alicyclic amines) is 1. The standard InChI is InChI=1S/C17H21N5O2.ClH/c23-15(22-9-11-7-18-8-12(11)10-22)5-6-19-17(24)16-13-3-1-2-4-14(13)20-21-16;/h1-4,11-12,18H,5-10H2,(H,19,24)(H,20,21);1H/t11-,12+;. The zero-order valence-corrected chi connectivity index (χ0v) is 14.6. The molecule has 2 atom stereocenters. The Morgan fingerprint density at radius 2 is 1.92 bits per heavy atom. The largest absolute Gasteiger partial charge is 0.350 e. The number of benzene rings is 1. The number of para-hydroxylation sites is 1. The molecule has 1 aromatic heterocycles. The lowest BCUT2D eigenvalue weighted by Crippen LogP contribution is -2.35. The van der Waals surface area contributed by atoms with Crippen molar-refractivity contribution in [1.82, 2.24) is 25.7 Å². The first-order chi connectivity index (χ1) is 11.7. The molecule has 2 aromatic rings. The predicted octanol–water partition coefficient (Wildman–Crippen LogP) is 0.782. The number of nitrogens with zero attached hydrogens (tertiary/aromatic N) is 2.